The highest BCUT2D eigenvalue weighted by molar-refractivity contribution is 6.20. The number of carbonyl (C=O) groups is 2. The molecule has 168 valence electrons. The third-order valence-corrected chi connectivity index (χ3v) is 5.15. The summed E-state index contributed by atoms with van der Waals surface area (Å²) in [5.41, 5.74) is 1.63. The normalized spacial score (nSPS) is 15.3. The Balaban J connectivity index is 1.68. The predicted molar refractivity (Wildman–Crippen MR) is 121 cm³/mol. The zero-order valence-electron chi connectivity index (χ0n) is 17.8. The molecule has 1 heterocycles. The van der Waals surface area contributed by atoms with Gasteiger partial charge in [-0.15, -0.1) is 0 Å². The fraction of sp³-hybridized carbons (Fsp3) is 0.125. The molecule has 1 aliphatic heterocycles. The second-order valence-electron chi connectivity index (χ2n) is 7.22. The first-order chi connectivity index (χ1) is 15.9. The number of benzodiazepines with no additional fused rings is 1. The first-order valence-corrected chi connectivity index (χ1v) is 9.99. The van der Waals surface area contributed by atoms with E-state index in [0.717, 1.165) is 6.07 Å². The minimum atomic E-state index is -1.35. The summed E-state index contributed by atoms with van der Waals surface area (Å²) >= 11 is 0. The molecule has 7 nitrogen and oxygen atoms in total. The van der Waals surface area contributed by atoms with E-state index in [-0.39, 0.29) is 22.7 Å². The Labute approximate surface area is 188 Å². The molecule has 1 unspecified atom stereocenters. The molecule has 9 heteroatoms. The van der Waals surface area contributed by atoms with Gasteiger partial charge >= 0.3 is 6.03 Å². The van der Waals surface area contributed by atoms with E-state index in [1.165, 1.54) is 30.2 Å². The summed E-state index contributed by atoms with van der Waals surface area (Å²) < 4.78 is 33.4. The molecule has 1 aliphatic rings. The number of urea groups is 1. The number of likely N-dealkylation sites (N-methyl/N-ethyl adjacent to an activating group) is 1. The Morgan fingerprint density at radius 3 is 2.39 bits per heavy atom. The number of carbonyl (C=O) groups excluding carboxylic acids is 2. The second kappa shape index (κ2) is 9.07. The van der Waals surface area contributed by atoms with Crippen LogP contribution in [0.5, 0.6) is 5.75 Å². The lowest BCUT2D eigenvalue weighted by Gasteiger charge is -2.21. The number of amides is 3. The van der Waals surface area contributed by atoms with Gasteiger partial charge in [0.15, 0.2) is 11.6 Å². The van der Waals surface area contributed by atoms with Crippen molar-refractivity contribution in [2.75, 3.05) is 24.4 Å². The van der Waals surface area contributed by atoms with Crippen LogP contribution in [0.1, 0.15) is 11.1 Å². The number of nitrogens with one attached hydrogen (secondary N) is 2. The maximum atomic E-state index is 14.6. The van der Waals surface area contributed by atoms with E-state index in [9.17, 15) is 18.4 Å². The molecule has 3 aromatic rings. The molecule has 4 rings (SSSR count). The van der Waals surface area contributed by atoms with Crippen LogP contribution in [-0.4, -0.2) is 38.0 Å². The third-order valence-electron chi connectivity index (χ3n) is 5.15. The van der Waals surface area contributed by atoms with Gasteiger partial charge in [0.25, 0.3) is 5.91 Å². The van der Waals surface area contributed by atoms with Gasteiger partial charge in [0.2, 0.25) is 6.17 Å². The molecular weight excluding hydrogens is 430 g/mol. The van der Waals surface area contributed by atoms with Crippen LogP contribution < -0.4 is 20.3 Å². The van der Waals surface area contributed by atoms with Crippen LogP contribution in [0, 0.1) is 11.6 Å². The number of ether oxygens (including phenoxy) is 1. The molecule has 3 amide bonds. The Morgan fingerprint density at radius 1 is 1.00 bits per heavy atom. The molecule has 0 aliphatic carbocycles. The maximum Gasteiger partial charge on any atom is 0.321 e. The van der Waals surface area contributed by atoms with Gasteiger partial charge in [-0.3, -0.25) is 4.79 Å². The highest BCUT2D eigenvalue weighted by Crippen LogP contribution is 2.28. The van der Waals surface area contributed by atoms with E-state index in [4.69, 9.17) is 4.74 Å². The number of hydrogen-bond donors (Lipinski definition) is 2. The van der Waals surface area contributed by atoms with E-state index in [1.54, 1.807) is 49.5 Å². The summed E-state index contributed by atoms with van der Waals surface area (Å²) in [6.45, 7) is 0. The smallest absolute Gasteiger partial charge is 0.321 e. The molecule has 0 spiro atoms. The van der Waals surface area contributed by atoms with Crippen molar-refractivity contribution in [2.45, 2.75) is 6.17 Å². The van der Waals surface area contributed by atoms with Gasteiger partial charge in [-0.1, -0.05) is 30.3 Å². The molecule has 3 aromatic carbocycles. The number of methoxy groups -OCH3 is 1. The fourth-order valence-corrected chi connectivity index (χ4v) is 3.52. The first-order valence-electron chi connectivity index (χ1n) is 9.99. The molecule has 0 saturated heterocycles. The first kappa shape index (κ1) is 21.9. The molecule has 0 fully saturated rings. The zero-order chi connectivity index (χ0) is 23.5. The number of para-hydroxylation sites is 1. The Bertz CT molecular complexity index is 1260. The van der Waals surface area contributed by atoms with E-state index in [2.05, 4.69) is 15.6 Å². The number of aliphatic imine (C=N–C) groups is 1. The maximum absolute atomic E-state index is 14.6. The Kier molecular flexibility index (Phi) is 6.03. The van der Waals surface area contributed by atoms with Crippen LogP contribution in [-0.2, 0) is 4.79 Å². The van der Waals surface area contributed by atoms with Crippen molar-refractivity contribution in [3.05, 3.63) is 89.5 Å². The summed E-state index contributed by atoms with van der Waals surface area (Å²) in [4.78, 5) is 31.5. The SMILES string of the molecule is COc1ccc(NC(=O)NC2N=C(c3ccccc3F)c3ccccc3N(C)C2=O)cc1F. The summed E-state index contributed by atoms with van der Waals surface area (Å²) in [6.07, 6.45) is -1.35. The lowest BCUT2D eigenvalue weighted by atomic mass is 10.00. The van der Waals surface area contributed by atoms with Crippen molar-refractivity contribution in [1.82, 2.24) is 5.32 Å². The Morgan fingerprint density at radius 2 is 1.70 bits per heavy atom. The number of anilines is 2. The van der Waals surface area contributed by atoms with Crippen LogP contribution in [0.2, 0.25) is 0 Å². The van der Waals surface area contributed by atoms with Gasteiger partial charge in [0, 0.05) is 29.9 Å². The number of halogens is 2. The fourth-order valence-electron chi connectivity index (χ4n) is 3.52. The Hall–Kier alpha value is -4.27. The van der Waals surface area contributed by atoms with Crippen molar-refractivity contribution in [3.63, 3.8) is 0 Å². The van der Waals surface area contributed by atoms with Crippen LogP contribution in [0.25, 0.3) is 0 Å². The quantitative estimate of drug-likeness (QED) is 0.632. The molecule has 33 heavy (non-hydrogen) atoms. The average Bonchev–Trinajstić information content (AvgIpc) is 2.90. The summed E-state index contributed by atoms with van der Waals surface area (Å²) in [7, 11) is 2.88. The molecule has 1 atom stereocenters. The van der Waals surface area contributed by atoms with Gasteiger partial charge in [-0.2, -0.15) is 0 Å². The van der Waals surface area contributed by atoms with Gasteiger partial charge in [0.05, 0.1) is 18.5 Å². The van der Waals surface area contributed by atoms with Crippen LogP contribution in [0.3, 0.4) is 0 Å². The summed E-state index contributed by atoms with van der Waals surface area (Å²) in [6, 6.07) is 16.1. The minimum absolute atomic E-state index is 0.0263. The summed E-state index contributed by atoms with van der Waals surface area (Å²) in [5, 5.41) is 4.95. The largest absolute Gasteiger partial charge is 0.494 e. The molecule has 0 saturated carbocycles. The topological polar surface area (TPSA) is 83.0 Å². The third kappa shape index (κ3) is 4.38. The van der Waals surface area contributed by atoms with Crippen LogP contribution in [0.4, 0.5) is 25.0 Å². The van der Waals surface area contributed by atoms with Crippen LogP contribution >= 0.6 is 0 Å². The average molecular weight is 450 g/mol. The van der Waals surface area contributed by atoms with Gasteiger partial charge in [-0.25, -0.2) is 18.6 Å². The monoisotopic (exact) mass is 450 g/mol. The lowest BCUT2D eigenvalue weighted by molar-refractivity contribution is -0.119. The zero-order valence-corrected chi connectivity index (χ0v) is 17.8. The van der Waals surface area contributed by atoms with Gasteiger partial charge in [-0.05, 0) is 30.3 Å². The molecule has 0 bridgehead atoms. The minimum Gasteiger partial charge on any atom is -0.494 e. The molecule has 0 aromatic heterocycles. The van der Waals surface area contributed by atoms with Crippen LogP contribution in [0.15, 0.2) is 71.7 Å². The molecule has 0 radical (unpaired) electrons. The van der Waals surface area contributed by atoms with Crippen molar-refractivity contribution in [2.24, 2.45) is 4.99 Å². The number of hydrogen-bond acceptors (Lipinski definition) is 4. The highest BCUT2D eigenvalue weighted by atomic mass is 19.1. The van der Waals surface area contributed by atoms with Gasteiger partial charge in [0.1, 0.15) is 5.82 Å². The molecule has 2 N–H and O–H groups in total. The van der Waals surface area contributed by atoms with E-state index in [0.29, 0.717) is 11.3 Å². The number of fused-ring (bicyclic) bond motifs is 1. The van der Waals surface area contributed by atoms with Crippen molar-refractivity contribution >= 4 is 29.0 Å². The van der Waals surface area contributed by atoms with Gasteiger partial charge < -0.3 is 20.3 Å². The number of rotatable bonds is 4. The standard InChI is InChI=1S/C24H20F2N4O3/c1-30-19-10-6-4-8-16(19)21(15-7-3-5-9-17(15)25)28-22(23(30)31)29-24(32)27-14-11-12-20(33-2)18(26)13-14/h3-13,22H,1-2H3,(H2,27,29,32). The lowest BCUT2D eigenvalue weighted by Crippen LogP contribution is -2.47. The van der Waals surface area contributed by atoms with E-state index < -0.39 is 29.7 Å². The van der Waals surface area contributed by atoms with Crippen molar-refractivity contribution < 1.29 is 23.1 Å². The number of benzene rings is 3. The van der Waals surface area contributed by atoms with E-state index in [1.807, 2.05) is 0 Å². The second-order valence-corrected chi connectivity index (χ2v) is 7.22. The number of nitrogens with zero attached hydrogens (tertiary/aromatic N) is 2. The summed E-state index contributed by atoms with van der Waals surface area (Å²) in [5.74, 6) is -1.67. The van der Waals surface area contributed by atoms with Crippen molar-refractivity contribution in [3.8, 4) is 5.75 Å². The highest BCUT2D eigenvalue weighted by Gasteiger charge is 2.31. The van der Waals surface area contributed by atoms with Crippen molar-refractivity contribution in [1.29, 1.82) is 0 Å². The van der Waals surface area contributed by atoms with E-state index >= 15 is 0 Å². The molecular formula is C24H20F2N4O3. The predicted octanol–water partition coefficient (Wildman–Crippen LogP) is 3.94.